The highest BCUT2D eigenvalue weighted by Gasteiger charge is 2.33. The molecule has 1 aliphatic rings. The van der Waals surface area contributed by atoms with Gasteiger partial charge in [0, 0.05) is 16.2 Å². The molecule has 0 fully saturated rings. The molecule has 0 atom stereocenters. The number of nitrogens with zero attached hydrogens (tertiary/aromatic N) is 2. The number of fused-ring (bicyclic) bond motifs is 1. The Morgan fingerprint density at radius 1 is 1.39 bits per heavy atom. The van der Waals surface area contributed by atoms with Crippen molar-refractivity contribution >= 4 is 39.9 Å². The zero-order valence-electron chi connectivity index (χ0n) is 9.25. The van der Waals surface area contributed by atoms with E-state index in [-0.39, 0.29) is 5.71 Å². The van der Waals surface area contributed by atoms with E-state index < -0.39 is 18.6 Å². The standard InChI is InChI=1S/C11H8F3IN2O/c1-17-8-3-2-6(15)4-7(8)9(10(17)18)16-5-11(12,13)14/h2-4H,5H2,1H3. The summed E-state index contributed by atoms with van der Waals surface area (Å²) in [5.41, 5.74) is 0.920. The van der Waals surface area contributed by atoms with Crippen LogP contribution in [0, 0.1) is 3.57 Å². The van der Waals surface area contributed by atoms with Gasteiger partial charge >= 0.3 is 6.18 Å². The molecule has 1 amide bonds. The van der Waals surface area contributed by atoms with Crippen molar-refractivity contribution in [3.05, 3.63) is 27.3 Å². The van der Waals surface area contributed by atoms with Crippen LogP contribution in [0.4, 0.5) is 18.9 Å². The molecule has 18 heavy (non-hydrogen) atoms. The summed E-state index contributed by atoms with van der Waals surface area (Å²) in [6.45, 7) is -1.34. The van der Waals surface area contributed by atoms with Crippen molar-refractivity contribution in [1.29, 1.82) is 0 Å². The number of rotatable bonds is 1. The van der Waals surface area contributed by atoms with Crippen LogP contribution in [0.1, 0.15) is 5.56 Å². The lowest BCUT2D eigenvalue weighted by Crippen LogP contribution is -2.26. The smallest absolute Gasteiger partial charge is 0.309 e. The summed E-state index contributed by atoms with van der Waals surface area (Å²) in [5, 5.41) is 0. The quantitative estimate of drug-likeness (QED) is 0.702. The first-order valence-corrected chi connectivity index (χ1v) is 6.06. The van der Waals surface area contributed by atoms with E-state index in [4.69, 9.17) is 0 Å². The van der Waals surface area contributed by atoms with Gasteiger partial charge in [0.15, 0.2) is 0 Å². The third-order valence-corrected chi connectivity index (χ3v) is 3.17. The van der Waals surface area contributed by atoms with Gasteiger partial charge in [-0.1, -0.05) is 0 Å². The predicted molar refractivity (Wildman–Crippen MR) is 70.0 cm³/mol. The number of hydrogen-bond acceptors (Lipinski definition) is 2. The molecule has 0 unspecified atom stereocenters. The molecule has 96 valence electrons. The molecule has 0 radical (unpaired) electrons. The van der Waals surface area contributed by atoms with E-state index in [0.29, 0.717) is 11.3 Å². The van der Waals surface area contributed by atoms with Gasteiger partial charge in [-0.05, 0) is 40.8 Å². The summed E-state index contributed by atoms with van der Waals surface area (Å²) in [7, 11) is 1.52. The molecule has 0 saturated carbocycles. The number of carbonyl (C=O) groups excluding carboxylic acids is 1. The van der Waals surface area contributed by atoms with Gasteiger partial charge in [0.05, 0.1) is 5.69 Å². The molecular formula is C11H8F3IN2O. The molecule has 7 heteroatoms. The minimum absolute atomic E-state index is 0.122. The molecule has 0 spiro atoms. The van der Waals surface area contributed by atoms with Crippen molar-refractivity contribution in [2.45, 2.75) is 6.18 Å². The van der Waals surface area contributed by atoms with Crippen LogP contribution in [-0.4, -0.2) is 31.4 Å². The molecule has 0 aromatic heterocycles. The van der Waals surface area contributed by atoms with Crippen LogP contribution < -0.4 is 4.90 Å². The van der Waals surface area contributed by atoms with Gasteiger partial charge in [0.1, 0.15) is 12.3 Å². The number of hydrogen-bond donors (Lipinski definition) is 0. The first kappa shape index (κ1) is 13.3. The van der Waals surface area contributed by atoms with Crippen molar-refractivity contribution in [2.24, 2.45) is 4.99 Å². The molecule has 0 saturated heterocycles. The van der Waals surface area contributed by atoms with E-state index in [9.17, 15) is 18.0 Å². The summed E-state index contributed by atoms with van der Waals surface area (Å²) in [5.74, 6) is -0.503. The number of alkyl halides is 3. The van der Waals surface area contributed by atoms with Gasteiger partial charge in [-0.15, -0.1) is 0 Å². The summed E-state index contributed by atoms with van der Waals surface area (Å²) < 4.78 is 37.3. The van der Waals surface area contributed by atoms with Gasteiger partial charge in [-0.25, -0.2) is 0 Å². The second-order valence-electron chi connectivity index (χ2n) is 3.81. The number of anilines is 1. The Morgan fingerprint density at radius 2 is 2.06 bits per heavy atom. The Balaban J connectivity index is 2.45. The normalized spacial score (nSPS) is 17.5. The van der Waals surface area contributed by atoms with E-state index in [1.54, 1.807) is 18.2 Å². The summed E-state index contributed by atoms with van der Waals surface area (Å²) in [6, 6.07) is 5.15. The highest BCUT2D eigenvalue weighted by atomic mass is 127. The Labute approximate surface area is 115 Å². The minimum atomic E-state index is -4.41. The van der Waals surface area contributed by atoms with Crippen molar-refractivity contribution in [3.8, 4) is 0 Å². The Morgan fingerprint density at radius 3 is 2.67 bits per heavy atom. The zero-order valence-corrected chi connectivity index (χ0v) is 11.4. The summed E-state index contributed by atoms with van der Waals surface area (Å²) in [6.07, 6.45) is -4.41. The number of aliphatic imine (C=N–C) groups is 1. The topological polar surface area (TPSA) is 32.7 Å². The molecule has 1 aromatic carbocycles. The fraction of sp³-hybridized carbons (Fsp3) is 0.273. The van der Waals surface area contributed by atoms with E-state index >= 15 is 0 Å². The van der Waals surface area contributed by atoms with Gasteiger partial charge in [-0.3, -0.25) is 9.79 Å². The molecule has 1 aromatic rings. The van der Waals surface area contributed by atoms with Crippen molar-refractivity contribution in [2.75, 3.05) is 18.5 Å². The maximum Gasteiger partial charge on any atom is 0.407 e. The monoisotopic (exact) mass is 368 g/mol. The Hall–Kier alpha value is -1.12. The largest absolute Gasteiger partial charge is 0.407 e. The number of carbonyl (C=O) groups is 1. The number of halogens is 4. The zero-order chi connectivity index (χ0) is 13.5. The lowest BCUT2D eigenvalue weighted by atomic mass is 10.1. The van der Waals surface area contributed by atoms with Gasteiger partial charge in [0.25, 0.3) is 5.91 Å². The highest BCUT2D eigenvalue weighted by Crippen LogP contribution is 2.30. The molecule has 0 N–H and O–H groups in total. The average Bonchev–Trinajstić information content (AvgIpc) is 2.48. The average molecular weight is 368 g/mol. The lowest BCUT2D eigenvalue weighted by Gasteiger charge is -2.08. The molecule has 3 nitrogen and oxygen atoms in total. The summed E-state index contributed by atoms with van der Waals surface area (Å²) >= 11 is 2.03. The van der Waals surface area contributed by atoms with Crippen LogP contribution in [0.3, 0.4) is 0 Å². The van der Waals surface area contributed by atoms with Crippen LogP contribution in [0.2, 0.25) is 0 Å². The SMILES string of the molecule is CN1C(=O)C(=NCC(F)(F)F)c2cc(I)ccc21. The van der Waals surface area contributed by atoms with Gasteiger partial charge in [-0.2, -0.15) is 13.2 Å². The molecule has 0 aliphatic carbocycles. The molecular weight excluding hydrogens is 360 g/mol. The minimum Gasteiger partial charge on any atom is -0.309 e. The fourth-order valence-corrected chi connectivity index (χ4v) is 2.19. The fourth-order valence-electron chi connectivity index (χ4n) is 1.70. The van der Waals surface area contributed by atoms with Crippen LogP contribution in [0.15, 0.2) is 23.2 Å². The number of amides is 1. The molecule has 0 bridgehead atoms. The van der Waals surface area contributed by atoms with Crippen molar-refractivity contribution < 1.29 is 18.0 Å². The Bertz CT molecular complexity index is 540. The first-order valence-electron chi connectivity index (χ1n) is 4.99. The van der Waals surface area contributed by atoms with E-state index in [2.05, 4.69) is 4.99 Å². The molecule has 1 aliphatic heterocycles. The maximum absolute atomic E-state index is 12.2. The maximum atomic E-state index is 12.2. The highest BCUT2D eigenvalue weighted by molar-refractivity contribution is 14.1. The summed E-state index contributed by atoms with van der Waals surface area (Å²) in [4.78, 5) is 16.5. The van der Waals surface area contributed by atoms with Gasteiger partial charge in [0.2, 0.25) is 0 Å². The van der Waals surface area contributed by atoms with E-state index in [1.807, 2.05) is 22.6 Å². The molecule has 1 heterocycles. The van der Waals surface area contributed by atoms with Crippen molar-refractivity contribution in [3.63, 3.8) is 0 Å². The third kappa shape index (κ3) is 2.50. The van der Waals surface area contributed by atoms with E-state index in [1.165, 1.54) is 11.9 Å². The van der Waals surface area contributed by atoms with Crippen molar-refractivity contribution in [1.82, 2.24) is 0 Å². The second-order valence-corrected chi connectivity index (χ2v) is 5.05. The van der Waals surface area contributed by atoms with Crippen LogP contribution >= 0.6 is 22.6 Å². The third-order valence-electron chi connectivity index (χ3n) is 2.50. The van der Waals surface area contributed by atoms with Crippen LogP contribution in [0.5, 0.6) is 0 Å². The number of benzene rings is 1. The lowest BCUT2D eigenvalue weighted by molar-refractivity contribution is -0.118. The van der Waals surface area contributed by atoms with E-state index in [0.717, 1.165) is 3.57 Å². The first-order chi connectivity index (χ1) is 8.29. The van der Waals surface area contributed by atoms with Crippen LogP contribution in [-0.2, 0) is 4.79 Å². The molecule has 2 rings (SSSR count). The predicted octanol–water partition coefficient (Wildman–Crippen LogP) is 2.62. The van der Waals surface area contributed by atoms with Crippen LogP contribution in [0.25, 0.3) is 0 Å². The second kappa shape index (κ2) is 4.52. The van der Waals surface area contributed by atoms with Gasteiger partial charge < -0.3 is 4.90 Å². The Kier molecular flexibility index (Phi) is 3.35. The number of likely N-dealkylation sites (N-methyl/N-ethyl adjacent to an activating group) is 1.